The van der Waals surface area contributed by atoms with Crippen molar-refractivity contribution in [3.05, 3.63) is 65.2 Å². The summed E-state index contributed by atoms with van der Waals surface area (Å²) in [6, 6.07) is 12.4. The van der Waals surface area contributed by atoms with E-state index in [2.05, 4.69) is 10.1 Å². The van der Waals surface area contributed by atoms with Gasteiger partial charge in [-0.3, -0.25) is 4.90 Å². The van der Waals surface area contributed by atoms with Gasteiger partial charge in [0.2, 0.25) is 0 Å². The largest absolute Gasteiger partial charge is 0.478 e. The van der Waals surface area contributed by atoms with E-state index in [0.29, 0.717) is 18.0 Å². The minimum absolute atomic E-state index is 0.104. The fourth-order valence-electron chi connectivity index (χ4n) is 2.92. The van der Waals surface area contributed by atoms with Crippen molar-refractivity contribution >= 4 is 5.71 Å². The molecule has 0 atom stereocenters. The molecule has 0 aromatic heterocycles. The van der Waals surface area contributed by atoms with E-state index in [1.807, 2.05) is 31.2 Å². The third-order valence-corrected chi connectivity index (χ3v) is 4.60. The number of hydrogen-bond donors (Lipinski definition) is 0. The highest BCUT2D eigenvalue weighted by Gasteiger charge is 2.29. The number of alkyl halides is 3. The van der Waals surface area contributed by atoms with Crippen molar-refractivity contribution in [3.8, 4) is 5.75 Å². The standard InChI is InChI=1S/C21H23F3N2O2/c1-16(25-28-14-17-4-8-19(9-5-17)21(22,23)24)18-6-10-20(11-7-18)27-15-26-12-2-3-13-26/h4-11H,2-3,12-15H2,1H3. The number of hydrogen-bond acceptors (Lipinski definition) is 4. The number of halogens is 3. The number of ether oxygens (including phenoxy) is 1. The first-order valence-electron chi connectivity index (χ1n) is 9.20. The second-order valence-corrected chi connectivity index (χ2v) is 6.77. The number of benzene rings is 2. The second-order valence-electron chi connectivity index (χ2n) is 6.77. The van der Waals surface area contributed by atoms with Crippen molar-refractivity contribution in [2.45, 2.75) is 32.5 Å². The SMILES string of the molecule is CC(=NOCc1ccc(C(F)(F)F)cc1)c1ccc(OCN2CCCC2)cc1. The van der Waals surface area contributed by atoms with Gasteiger partial charge in [0.25, 0.3) is 0 Å². The molecule has 0 saturated carbocycles. The topological polar surface area (TPSA) is 34.1 Å². The summed E-state index contributed by atoms with van der Waals surface area (Å²) in [7, 11) is 0. The highest BCUT2D eigenvalue weighted by molar-refractivity contribution is 5.98. The first-order valence-corrected chi connectivity index (χ1v) is 9.20. The van der Waals surface area contributed by atoms with Crippen LogP contribution in [0.5, 0.6) is 5.75 Å². The van der Waals surface area contributed by atoms with Crippen LogP contribution in [0.4, 0.5) is 13.2 Å². The van der Waals surface area contributed by atoms with Crippen LogP contribution in [0.25, 0.3) is 0 Å². The summed E-state index contributed by atoms with van der Waals surface area (Å²) in [5, 5.41) is 4.04. The van der Waals surface area contributed by atoms with Crippen molar-refractivity contribution in [1.82, 2.24) is 4.90 Å². The van der Waals surface area contributed by atoms with Gasteiger partial charge in [0, 0.05) is 13.1 Å². The molecule has 3 rings (SSSR count). The Hall–Kier alpha value is -2.54. The van der Waals surface area contributed by atoms with E-state index < -0.39 is 11.7 Å². The van der Waals surface area contributed by atoms with E-state index in [-0.39, 0.29) is 6.61 Å². The molecule has 28 heavy (non-hydrogen) atoms. The zero-order valence-corrected chi connectivity index (χ0v) is 15.7. The third kappa shape index (κ3) is 5.73. The predicted molar refractivity (Wildman–Crippen MR) is 101 cm³/mol. The van der Waals surface area contributed by atoms with Crippen molar-refractivity contribution in [2.24, 2.45) is 5.16 Å². The highest BCUT2D eigenvalue weighted by atomic mass is 19.4. The van der Waals surface area contributed by atoms with Gasteiger partial charge >= 0.3 is 6.18 Å². The first kappa shape index (κ1) is 20.2. The molecule has 2 aromatic rings. The average Bonchev–Trinajstić information content (AvgIpc) is 3.20. The van der Waals surface area contributed by atoms with E-state index in [1.54, 1.807) is 0 Å². The van der Waals surface area contributed by atoms with Gasteiger partial charge in [-0.1, -0.05) is 17.3 Å². The van der Waals surface area contributed by atoms with Crippen molar-refractivity contribution in [2.75, 3.05) is 19.8 Å². The second kappa shape index (κ2) is 9.10. The molecule has 1 aliphatic rings. The first-order chi connectivity index (χ1) is 13.4. The zero-order chi connectivity index (χ0) is 20.0. The molecule has 0 unspecified atom stereocenters. The molecule has 0 spiro atoms. The van der Waals surface area contributed by atoms with Gasteiger partial charge in [-0.2, -0.15) is 13.2 Å². The molecule has 0 aliphatic carbocycles. The predicted octanol–water partition coefficient (Wildman–Crippen LogP) is 5.08. The highest BCUT2D eigenvalue weighted by Crippen LogP contribution is 2.29. The molecule has 0 N–H and O–H groups in total. The molecular formula is C21H23F3N2O2. The molecule has 150 valence electrons. The maximum atomic E-state index is 12.6. The molecule has 2 aromatic carbocycles. The minimum Gasteiger partial charge on any atom is -0.478 e. The Balaban J connectivity index is 1.49. The Morgan fingerprint density at radius 1 is 1.00 bits per heavy atom. The molecular weight excluding hydrogens is 369 g/mol. The molecule has 7 heteroatoms. The van der Waals surface area contributed by atoms with Crippen LogP contribution in [0, 0.1) is 0 Å². The summed E-state index contributed by atoms with van der Waals surface area (Å²) in [6.07, 6.45) is -1.88. The van der Waals surface area contributed by atoms with Crippen molar-refractivity contribution in [1.29, 1.82) is 0 Å². The number of rotatable bonds is 7. The van der Waals surface area contributed by atoms with E-state index in [9.17, 15) is 13.2 Å². The molecule has 1 saturated heterocycles. The van der Waals surface area contributed by atoms with Gasteiger partial charge in [0.05, 0.1) is 11.3 Å². The summed E-state index contributed by atoms with van der Waals surface area (Å²) in [5.74, 6) is 0.800. The Kier molecular flexibility index (Phi) is 6.57. The van der Waals surface area contributed by atoms with Gasteiger partial charge in [-0.25, -0.2) is 0 Å². The molecule has 1 aliphatic heterocycles. The van der Waals surface area contributed by atoms with Crippen LogP contribution in [-0.4, -0.2) is 30.4 Å². The number of likely N-dealkylation sites (tertiary alicyclic amines) is 1. The minimum atomic E-state index is -4.33. The van der Waals surface area contributed by atoms with Crippen LogP contribution >= 0.6 is 0 Å². The average molecular weight is 392 g/mol. The fourth-order valence-corrected chi connectivity index (χ4v) is 2.92. The third-order valence-electron chi connectivity index (χ3n) is 4.60. The number of nitrogens with zero attached hydrogens (tertiary/aromatic N) is 2. The summed E-state index contributed by atoms with van der Waals surface area (Å²) >= 11 is 0. The Bertz CT molecular complexity index is 781. The van der Waals surface area contributed by atoms with Gasteiger partial charge in [-0.05, 0) is 67.3 Å². The smallest absolute Gasteiger partial charge is 0.416 e. The Morgan fingerprint density at radius 2 is 1.64 bits per heavy atom. The summed E-state index contributed by atoms with van der Waals surface area (Å²) in [6.45, 7) is 4.68. The van der Waals surface area contributed by atoms with E-state index in [4.69, 9.17) is 9.57 Å². The normalized spacial score (nSPS) is 15.6. The van der Waals surface area contributed by atoms with Crippen LogP contribution < -0.4 is 4.74 Å². The molecule has 1 heterocycles. The lowest BCUT2D eigenvalue weighted by Crippen LogP contribution is -2.24. The van der Waals surface area contributed by atoms with Crippen LogP contribution in [0.2, 0.25) is 0 Å². The van der Waals surface area contributed by atoms with Gasteiger partial charge in [0.1, 0.15) is 19.1 Å². The Morgan fingerprint density at radius 3 is 2.25 bits per heavy atom. The van der Waals surface area contributed by atoms with Crippen molar-refractivity contribution in [3.63, 3.8) is 0 Å². The van der Waals surface area contributed by atoms with Gasteiger partial charge in [-0.15, -0.1) is 0 Å². The quantitative estimate of drug-likeness (QED) is 0.487. The molecule has 4 nitrogen and oxygen atoms in total. The van der Waals surface area contributed by atoms with Crippen molar-refractivity contribution < 1.29 is 22.7 Å². The number of oxime groups is 1. The lowest BCUT2D eigenvalue weighted by atomic mass is 10.1. The maximum Gasteiger partial charge on any atom is 0.416 e. The lowest BCUT2D eigenvalue weighted by molar-refractivity contribution is -0.137. The maximum absolute atomic E-state index is 12.6. The molecule has 0 radical (unpaired) electrons. The zero-order valence-electron chi connectivity index (χ0n) is 15.7. The summed E-state index contributed by atoms with van der Waals surface area (Å²) < 4.78 is 43.4. The van der Waals surface area contributed by atoms with E-state index in [1.165, 1.54) is 25.0 Å². The Labute approximate surface area is 162 Å². The monoisotopic (exact) mass is 392 g/mol. The fraction of sp³-hybridized carbons (Fsp3) is 0.381. The molecule has 1 fully saturated rings. The van der Waals surface area contributed by atoms with Gasteiger partial charge < -0.3 is 9.57 Å². The van der Waals surface area contributed by atoms with Crippen LogP contribution in [0.15, 0.2) is 53.7 Å². The van der Waals surface area contributed by atoms with E-state index in [0.717, 1.165) is 36.5 Å². The van der Waals surface area contributed by atoms with Crippen LogP contribution in [0.3, 0.4) is 0 Å². The summed E-state index contributed by atoms with van der Waals surface area (Å²) in [4.78, 5) is 7.55. The van der Waals surface area contributed by atoms with E-state index >= 15 is 0 Å². The lowest BCUT2D eigenvalue weighted by Gasteiger charge is -2.15. The van der Waals surface area contributed by atoms with Crippen LogP contribution in [0.1, 0.15) is 36.5 Å². The molecule has 0 amide bonds. The summed E-state index contributed by atoms with van der Waals surface area (Å²) in [5.41, 5.74) is 1.51. The van der Waals surface area contributed by atoms with Crippen LogP contribution in [-0.2, 0) is 17.6 Å². The molecule has 0 bridgehead atoms. The van der Waals surface area contributed by atoms with Gasteiger partial charge in [0.15, 0.2) is 0 Å².